The third-order valence-electron chi connectivity index (χ3n) is 7.88. The fourth-order valence-corrected chi connectivity index (χ4v) is 5.66. The minimum absolute atomic E-state index is 0.140. The molecule has 48 heavy (non-hydrogen) atoms. The van der Waals surface area contributed by atoms with E-state index in [9.17, 15) is 28.8 Å². The van der Waals surface area contributed by atoms with E-state index in [2.05, 4.69) is 15.0 Å². The molecule has 0 aliphatic carbocycles. The van der Waals surface area contributed by atoms with Crippen LogP contribution in [0.1, 0.15) is 65.0 Å². The molecule has 0 radical (unpaired) electrons. The van der Waals surface area contributed by atoms with Crippen LogP contribution in [0.3, 0.4) is 0 Å². The number of hydrogen-bond donors (Lipinski definition) is 3. The van der Waals surface area contributed by atoms with E-state index < -0.39 is 42.0 Å². The number of carbonyl (C=O) groups excluding carboxylic acids is 6. The number of amides is 3. The maximum atomic E-state index is 12.7. The molecule has 6 N–H and O–H groups in total. The quantitative estimate of drug-likeness (QED) is 0.115. The highest BCUT2D eigenvalue weighted by molar-refractivity contribution is 5.68. The van der Waals surface area contributed by atoms with Gasteiger partial charge in [-0.1, -0.05) is 43.3 Å². The lowest BCUT2D eigenvalue weighted by Gasteiger charge is -2.48. The number of rotatable bonds is 13. The Morgan fingerprint density at radius 2 is 0.875 bits per heavy atom. The van der Waals surface area contributed by atoms with Crippen LogP contribution >= 0.6 is 0 Å². The van der Waals surface area contributed by atoms with Crippen molar-refractivity contribution < 1.29 is 43.0 Å². The van der Waals surface area contributed by atoms with E-state index in [-0.39, 0.29) is 40.2 Å². The Hall–Kier alpha value is -6.39. The highest BCUT2D eigenvalue weighted by atomic mass is 16.6. The Bertz CT molecular complexity index is 1660. The summed E-state index contributed by atoms with van der Waals surface area (Å²) < 4.78 is 17.4. The van der Waals surface area contributed by atoms with E-state index in [1.807, 2.05) is 0 Å². The van der Waals surface area contributed by atoms with Crippen LogP contribution in [0.25, 0.3) is 0 Å². The Balaban J connectivity index is 2.65. The van der Waals surface area contributed by atoms with Gasteiger partial charge in [-0.25, -0.2) is 28.8 Å². The molecule has 3 unspecified atom stereocenters. The first-order chi connectivity index (χ1) is 22.8. The van der Waals surface area contributed by atoms with E-state index >= 15 is 0 Å². The van der Waals surface area contributed by atoms with E-state index in [0.29, 0.717) is 16.7 Å². The molecule has 0 aliphatic heterocycles. The maximum absolute atomic E-state index is 12.7. The molecule has 3 rings (SSSR count). The summed E-state index contributed by atoms with van der Waals surface area (Å²) in [6.07, 6.45) is -4.39. The third-order valence-corrected chi connectivity index (χ3v) is 7.88. The predicted octanol–water partition coefficient (Wildman–Crippen LogP) is 5.72. The molecule has 0 aromatic heterocycles. The number of hydrogen-bond acceptors (Lipinski definition) is 12. The molecule has 0 fully saturated rings. The summed E-state index contributed by atoms with van der Waals surface area (Å²) in [5.74, 6) is 0. The van der Waals surface area contributed by atoms with Gasteiger partial charge in [-0.3, -0.25) is 0 Å². The lowest BCUT2D eigenvalue weighted by molar-refractivity contribution is -0.149. The SMILES string of the molecule is CCC(C(OC(N)=O)c1ccc(C)c(N=C=O)c1)(C(OC(N)=O)c1ccc(C)c(N=C=O)c1)C(OC(N)=O)c1ccc(C)c(N=C=O)c1. The van der Waals surface area contributed by atoms with Crippen molar-refractivity contribution in [2.75, 3.05) is 0 Å². The number of ether oxygens (including phenoxy) is 3. The molecule has 3 amide bonds. The number of isocyanates is 3. The molecule has 248 valence electrons. The second-order valence-corrected chi connectivity index (χ2v) is 10.7. The molecule has 15 nitrogen and oxygen atoms in total. The summed E-state index contributed by atoms with van der Waals surface area (Å²) in [5.41, 5.74) is 17.5. The first kappa shape index (κ1) is 36.1. The van der Waals surface area contributed by atoms with Crippen molar-refractivity contribution in [3.8, 4) is 0 Å². The van der Waals surface area contributed by atoms with Crippen LogP contribution in [-0.2, 0) is 28.6 Å². The second kappa shape index (κ2) is 15.7. The van der Waals surface area contributed by atoms with Crippen LogP contribution in [0.5, 0.6) is 0 Å². The van der Waals surface area contributed by atoms with Gasteiger partial charge in [0.1, 0.15) is 18.3 Å². The zero-order valence-electron chi connectivity index (χ0n) is 26.4. The maximum Gasteiger partial charge on any atom is 0.405 e. The lowest BCUT2D eigenvalue weighted by atomic mass is 9.64. The molecule has 3 aromatic rings. The van der Waals surface area contributed by atoms with Gasteiger partial charge in [0.15, 0.2) is 0 Å². The van der Waals surface area contributed by atoms with Gasteiger partial charge in [0, 0.05) is 0 Å². The molecule has 0 saturated heterocycles. The highest BCUT2D eigenvalue weighted by Crippen LogP contribution is 2.60. The third kappa shape index (κ3) is 7.87. The molecule has 15 heteroatoms. The minimum Gasteiger partial charge on any atom is -0.441 e. The van der Waals surface area contributed by atoms with Crippen LogP contribution in [0.2, 0.25) is 0 Å². The Kier molecular flexibility index (Phi) is 11.8. The van der Waals surface area contributed by atoms with E-state index in [1.165, 1.54) is 54.6 Å². The number of benzene rings is 3. The fraction of sp³-hybridized carbons (Fsp3) is 0.273. The number of aliphatic imine (C=N–C) groups is 3. The van der Waals surface area contributed by atoms with Crippen molar-refractivity contribution in [2.24, 2.45) is 37.6 Å². The number of nitrogens with zero attached hydrogens (tertiary/aromatic N) is 3. The van der Waals surface area contributed by atoms with Crippen LogP contribution in [-0.4, -0.2) is 36.5 Å². The number of aryl methyl sites for hydroxylation is 3. The monoisotopic (exact) mass is 656 g/mol. The van der Waals surface area contributed by atoms with Gasteiger partial charge in [-0.2, -0.15) is 15.0 Å². The number of nitrogens with two attached hydrogens (primary N) is 3. The zero-order valence-corrected chi connectivity index (χ0v) is 26.4. The van der Waals surface area contributed by atoms with Crippen LogP contribution in [0.4, 0.5) is 31.4 Å². The summed E-state index contributed by atoms with van der Waals surface area (Å²) in [4.78, 5) is 83.1. The molecule has 0 spiro atoms. The molecule has 0 saturated carbocycles. The van der Waals surface area contributed by atoms with Crippen molar-refractivity contribution in [2.45, 2.75) is 52.4 Å². The summed E-state index contributed by atoms with van der Waals surface area (Å²) in [5, 5.41) is 0. The number of primary amides is 3. The molecule has 0 aliphatic rings. The standard InChI is InChI=1S/C33H32N6O9/c1-5-33(27(46-30(34)43)21-9-6-18(2)24(12-21)37-15-40,28(47-31(35)44)22-10-7-19(3)25(13-22)38-16-41)29(48-32(36)45)23-11-8-20(4)26(14-23)39-17-42/h6-14,27-29H,5H2,1-4H3,(H2,34,43)(H2,35,44)(H2,36,45). The molecular weight excluding hydrogens is 624 g/mol. The summed E-state index contributed by atoms with van der Waals surface area (Å²) in [6.45, 7) is 6.61. The van der Waals surface area contributed by atoms with Gasteiger partial charge in [0.25, 0.3) is 0 Å². The molecule has 0 bridgehead atoms. The average Bonchev–Trinajstić information content (AvgIpc) is 3.03. The largest absolute Gasteiger partial charge is 0.441 e. The van der Waals surface area contributed by atoms with Crippen molar-refractivity contribution in [3.63, 3.8) is 0 Å². The summed E-state index contributed by atoms with van der Waals surface area (Å²) in [6, 6.07) is 13.6. The first-order valence-corrected chi connectivity index (χ1v) is 14.3. The summed E-state index contributed by atoms with van der Waals surface area (Å²) in [7, 11) is 0. The van der Waals surface area contributed by atoms with E-state index in [0.717, 1.165) is 0 Å². The lowest BCUT2D eigenvalue weighted by Crippen LogP contribution is -2.47. The van der Waals surface area contributed by atoms with Crippen LogP contribution < -0.4 is 17.2 Å². The normalized spacial score (nSPS) is 13.5. The van der Waals surface area contributed by atoms with Crippen molar-refractivity contribution >= 4 is 53.6 Å². The molecule has 3 aromatic carbocycles. The molecule has 0 heterocycles. The Morgan fingerprint density at radius 1 is 0.604 bits per heavy atom. The zero-order chi connectivity index (χ0) is 35.6. The minimum atomic E-state index is -1.94. The van der Waals surface area contributed by atoms with Crippen molar-refractivity contribution in [1.29, 1.82) is 0 Å². The van der Waals surface area contributed by atoms with E-state index in [4.69, 9.17) is 31.4 Å². The van der Waals surface area contributed by atoms with Gasteiger partial charge in [-0.15, -0.1) is 0 Å². The predicted molar refractivity (Wildman–Crippen MR) is 170 cm³/mol. The number of carbonyl (C=O) groups is 3. The van der Waals surface area contributed by atoms with Gasteiger partial charge in [0.05, 0.1) is 22.5 Å². The highest BCUT2D eigenvalue weighted by Gasteiger charge is 2.57. The average molecular weight is 657 g/mol. The molecular formula is C33H32N6O9. The van der Waals surface area contributed by atoms with Gasteiger partial charge in [0.2, 0.25) is 18.2 Å². The van der Waals surface area contributed by atoms with E-state index in [1.54, 1.807) is 45.9 Å². The van der Waals surface area contributed by atoms with Gasteiger partial charge in [-0.05, 0) is 78.8 Å². The smallest absolute Gasteiger partial charge is 0.405 e. The van der Waals surface area contributed by atoms with Crippen LogP contribution in [0.15, 0.2) is 69.6 Å². The second-order valence-electron chi connectivity index (χ2n) is 10.7. The molecule has 3 atom stereocenters. The van der Waals surface area contributed by atoms with Crippen LogP contribution in [0, 0.1) is 26.2 Å². The van der Waals surface area contributed by atoms with Gasteiger partial charge < -0.3 is 31.4 Å². The van der Waals surface area contributed by atoms with Crippen molar-refractivity contribution in [1.82, 2.24) is 0 Å². The van der Waals surface area contributed by atoms with Crippen molar-refractivity contribution in [3.05, 3.63) is 88.0 Å². The topological polar surface area (TPSA) is 245 Å². The Morgan fingerprint density at radius 3 is 1.08 bits per heavy atom. The summed E-state index contributed by atoms with van der Waals surface area (Å²) >= 11 is 0. The van der Waals surface area contributed by atoms with Gasteiger partial charge >= 0.3 is 18.3 Å². The Labute approximate surface area is 274 Å². The first-order valence-electron chi connectivity index (χ1n) is 14.3. The fourth-order valence-electron chi connectivity index (χ4n) is 5.66.